The van der Waals surface area contributed by atoms with Crippen LogP contribution in [0.3, 0.4) is 0 Å². The number of anilines is 1. The molecule has 20 heavy (non-hydrogen) atoms. The van der Waals surface area contributed by atoms with E-state index in [1.54, 1.807) is 7.05 Å². The molecule has 0 aromatic carbocycles. The molecule has 112 valence electrons. The van der Waals surface area contributed by atoms with Crippen molar-refractivity contribution in [1.82, 2.24) is 15.3 Å². The minimum atomic E-state index is -3.60. The lowest BCUT2D eigenvalue weighted by atomic mass is 10.2. The summed E-state index contributed by atoms with van der Waals surface area (Å²) in [6, 6.07) is 0. The highest BCUT2D eigenvalue weighted by atomic mass is 32.2. The Morgan fingerprint density at radius 3 is 2.60 bits per heavy atom. The Bertz CT molecular complexity index is 586. The van der Waals surface area contributed by atoms with E-state index < -0.39 is 15.9 Å². The molecule has 0 saturated carbocycles. The normalized spacial score (nSPS) is 11.4. The van der Waals surface area contributed by atoms with Crippen molar-refractivity contribution in [3.05, 3.63) is 17.7 Å². The zero-order valence-electron chi connectivity index (χ0n) is 11.7. The number of nitrogens with zero attached hydrogens (tertiary/aromatic N) is 2. The second kappa shape index (κ2) is 6.62. The van der Waals surface area contributed by atoms with E-state index in [1.807, 2.05) is 13.8 Å². The molecule has 1 heterocycles. The fourth-order valence-corrected chi connectivity index (χ4v) is 1.81. The van der Waals surface area contributed by atoms with Crippen LogP contribution in [-0.4, -0.2) is 43.6 Å². The molecule has 1 rings (SSSR count). The summed E-state index contributed by atoms with van der Waals surface area (Å²) in [5, 5.41) is 10.2. The van der Waals surface area contributed by atoms with Gasteiger partial charge in [0.1, 0.15) is 5.82 Å². The Morgan fingerprint density at radius 2 is 2.10 bits per heavy atom. The smallest absolute Gasteiger partial charge is 0.272 e. The maximum absolute atomic E-state index is 12.0. The Labute approximate surface area is 118 Å². The first-order valence-corrected chi connectivity index (χ1v) is 7.79. The van der Waals surface area contributed by atoms with E-state index in [9.17, 15) is 13.2 Å². The Hall–Kier alpha value is -1.74. The van der Waals surface area contributed by atoms with Crippen LogP contribution >= 0.6 is 0 Å². The van der Waals surface area contributed by atoms with E-state index in [-0.39, 0.29) is 23.9 Å². The van der Waals surface area contributed by atoms with Crippen molar-refractivity contribution in [2.75, 3.05) is 24.7 Å². The third-order valence-corrected chi connectivity index (χ3v) is 3.25. The van der Waals surface area contributed by atoms with Gasteiger partial charge in [-0.15, -0.1) is 0 Å². The molecule has 0 aliphatic heterocycles. The zero-order chi connectivity index (χ0) is 15.3. The van der Waals surface area contributed by atoms with Gasteiger partial charge in [-0.2, -0.15) is 0 Å². The molecular formula is C11H19N5O3S. The first-order chi connectivity index (χ1) is 9.24. The maximum Gasteiger partial charge on any atom is 0.272 e. The van der Waals surface area contributed by atoms with Crippen molar-refractivity contribution in [2.24, 2.45) is 5.14 Å². The van der Waals surface area contributed by atoms with E-state index >= 15 is 0 Å². The molecule has 9 heteroatoms. The Kier molecular flexibility index (Phi) is 5.40. The molecule has 0 atom stereocenters. The summed E-state index contributed by atoms with van der Waals surface area (Å²) in [5.74, 6) is -0.171. The van der Waals surface area contributed by atoms with E-state index in [4.69, 9.17) is 5.14 Å². The molecule has 0 aliphatic rings. The number of hydrogen-bond acceptors (Lipinski definition) is 6. The molecule has 8 nitrogen and oxygen atoms in total. The summed E-state index contributed by atoms with van der Waals surface area (Å²) < 4.78 is 21.6. The molecule has 1 amide bonds. The predicted molar refractivity (Wildman–Crippen MR) is 76.0 cm³/mol. The number of rotatable bonds is 6. The Morgan fingerprint density at radius 1 is 1.45 bits per heavy atom. The van der Waals surface area contributed by atoms with Gasteiger partial charge >= 0.3 is 0 Å². The maximum atomic E-state index is 12.0. The lowest BCUT2D eigenvalue weighted by molar-refractivity contribution is 0.0951. The van der Waals surface area contributed by atoms with Gasteiger partial charge < -0.3 is 10.6 Å². The number of nitrogens with one attached hydrogen (secondary N) is 2. The molecular weight excluding hydrogens is 282 g/mol. The molecule has 0 spiro atoms. The quantitative estimate of drug-likeness (QED) is 0.659. The van der Waals surface area contributed by atoms with Gasteiger partial charge in [-0.25, -0.2) is 23.5 Å². The molecule has 0 radical (unpaired) electrons. The van der Waals surface area contributed by atoms with Crippen molar-refractivity contribution in [1.29, 1.82) is 0 Å². The summed E-state index contributed by atoms with van der Waals surface area (Å²) in [5.41, 5.74) is 0.656. The summed E-state index contributed by atoms with van der Waals surface area (Å²) in [6.45, 7) is 3.76. The van der Waals surface area contributed by atoms with Crippen molar-refractivity contribution in [2.45, 2.75) is 19.8 Å². The number of aromatic nitrogens is 2. The van der Waals surface area contributed by atoms with Gasteiger partial charge in [0.05, 0.1) is 17.6 Å². The fourth-order valence-electron chi connectivity index (χ4n) is 1.42. The molecule has 0 bridgehead atoms. The lowest BCUT2D eigenvalue weighted by Gasteiger charge is -2.11. The van der Waals surface area contributed by atoms with Gasteiger partial charge in [0.15, 0.2) is 5.69 Å². The number of hydrogen-bond donors (Lipinski definition) is 3. The number of carbonyl (C=O) groups excluding carboxylic acids is 1. The van der Waals surface area contributed by atoms with E-state index in [2.05, 4.69) is 20.6 Å². The predicted octanol–water partition coefficient (Wildman–Crippen LogP) is -0.340. The first-order valence-electron chi connectivity index (χ1n) is 6.08. The fraction of sp³-hybridized carbons (Fsp3) is 0.545. The topological polar surface area (TPSA) is 127 Å². The highest BCUT2D eigenvalue weighted by Crippen LogP contribution is 2.15. The Balaban J connectivity index is 2.87. The molecule has 1 aromatic heterocycles. The third kappa shape index (κ3) is 4.74. The summed E-state index contributed by atoms with van der Waals surface area (Å²) in [4.78, 5) is 20.3. The largest absolute Gasteiger partial charge is 0.385 e. The van der Waals surface area contributed by atoms with Gasteiger partial charge in [0.25, 0.3) is 5.91 Å². The van der Waals surface area contributed by atoms with Crippen molar-refractivity contribution in [3.8, 4) is 0 Å². The van der Waals surface area contributed by atoms with Crippen molar-refractivity contribution < 1.29 is 13.2 Å². The van der Waals surface area contributed by atoms with E-state index in [0.717, 1.165) is 0 Å². The molecule has 0 unspecified atom stereocenters. The van der Waals surface area contributed by atoms with Crippen LogP contribution in [-0.2, 0) is 10.0 Å². The van der Waals surface area contributed by atoms with Crippen LogP contribution in [0.1, 0.15) is 36.1 Å². The van der Waals surface area contributed by atoms with Crippen molar-refractivity contribution >= 4 is 21.6 Å². The lowest BCUT2D eigenvalue weighted by Crippen LogP contribution is -2.32. The average molecular weight is 301 g/mol. The highest BCUT2D eigenvalue weighted by molar-refractivity contribution is 7.89. The minimum absolute atomic E-state index is 0.0676. The standard InChI is InChI=1S/C11H19N5O3S/c1-7(2)10-15-6-8(13-3)9(16-10)11(17)14-4-5-20(12,18)19/h6-7,13H,4-5H2,1-3H3,(H,14,17)(H2,12,18,19). The monoisotopic (exact) mass is 301 g/mol. The summed E-state index contributed by atoms with van der Waals surface area (Å²) >= 11 is 0. The van der Waals surface area contributed by atoms with Crippen LogP contribution in [0, 0.1) is 0 Å². The number of nitrogens with two attached hydrogens (primary N) is 1. The first kappa shape index (κ1) is 16.3. The van der Waals surface area contributed by atoms with Crippen LogP contribution in [0.2, 0.25) is 0 Å². The number of sulfonamides is 1. The highest BCUT2D eigenvalue weighted by Gasteiger charge is 2.16. The van der Waals surface area contributed by atoms with Crippen LogP contribution in [0.25, 0.3) is 0 Å². The second-order valence-corrected chi connectivity index (χ2v) is 6.25. The third-order valence-electron chi connectivity index (χ3n) is 2.48. The molecule has 0 saturated heterocycles. The van der Waals surface area contributed by atoms with Gasteiger partial charge in [0, 0.05) is 19.5 Å². The summed E-state index contributed by atoms with van der Waals surface area (Å²) in [6.07, 6.45) is 1.52. The number of amides is 1. The van der Waals surface area contributed by atoms with Crippen LogP contribution in [0.4, 0.5) is 5.69 Å². The van der Waals surface area contributed by atoms with E-state index in [1.165, 1.54) is 6.20 Å². The van der Waals surface area contributed by atoms with Gasteiger partial charge in [-0.05, 0) is 0 Å². The average Bonchev–Trinajstić information content (AvgIpc) is 2.36. The number of carbonyl (C=O) groups is 1. The number of primary sulfonamides is 1. The SMILES string of the molecule is CNc1cnc(C(C)C)nc1C(=O)NCCS(N)(=O)=O. The van der Waals surface area contributed by atoms with Crippen LogP contribution in [0.5, 0.6) is 0 Å². The van der Waals surface area contributed by atoms with Crippen LogP contribution in [0.15, 0.2) is 6.20 Å². The van der Waals surface area contributed by atoms with E-state index in [0.29, 0.717) is 11.5 Å². The van der Waals surface area contributed by atoms with Crippen molar-refractivity contribution in [3.63, 3.8) is 0 Å². The molecule has 1 aromatic rings. The zero-order valence-corrected chi connectivity index (χ0v) is 12.5. The molecule has 0 aliphatic carbocycles. The van der Waals surface area contributed by atoms with Gasteiger partial charge in [-0.1, -0.05) is 13.8 Å². The summed E-state index contributed by atoms with van der Waals surface area (Å²) in [7, 11) is -1.95. The van der Waals surface area contributed by atoms with Gasteiger partial charge in [-0.3, -0.25) is 4.79 Å². The van der Waals surface area contributed by atoms with Crippen LogP contribution < -0.4 is 15.8 Å². The van der Waals surface area contributed by atoms with Gasteiger partial charge in [0.2, 0.25) is 10.0 Å². The second-order valence-electron chi connectivity index (χ2n) is 4.52. The molecule has 4 N–H and O–H groups in total. The minimum Gasteiger partial charge on any atom is -0.385 e. The molecule has 0 fully saturated rings.